The van der Waals surface area contributed by atoms with E-state index in [1.807, 2.05) is 12.1 Å². The highest BCUT2D eigenvalue weighted by Crippen LogP contribution is 2.22. The van der Waals surface area contributed by atoms with Crippen LogP contribution in [0.1, 0.15) is 24.0 Å². The molecular formula is C15H23ClN4. The molecule has 0 bridgehead atoms. The fourth-order valence-electron chi connectivity index (χ4n) is 2.68. The van der Waals surface area contributed by atoms with Crippen molar-refractivity contribution >= 4 is 17.4 Å². The minimum Gasteiger partial charge on any atom is -0.384 e. The van der Waals surface area contributed by atoms with Crippen LogP contribution in [-0.4, -0.2) is 48.9 Å². The molecule has 1 aliphatic heterocycles. The third-order valence-electron chi connectivity index (χ3n) is 3.97. The van der Waals surface area contributed by atoms with Crippen LogP contribution in [0.4, 0.5) is 0 Å². The minimum atomic E-state index is 0.0593. The Morgan fingerprint density at radius 3 is 2.85 bits per heavy atom. The molecule has 1 fully saturated rings. The lowest BCUT2D eigenvalue weighted by molar-refractivity contribution is 0.128. The Balaban J connectivity index is 2.04. The number of halogens is 1. The zero-order valence-electron chi connectivity index (χ0n) is 12.2. The van der Waals surface area contributed by atoms with Crippen molar-refractivity contribution in [1.82, 2.24) is 9.80 Å². The van der Waals surface area contributed by atoms with E-state index in [0.717, 1.165) is 25.2 Å². The predicted molar refractivity (Wildman–Crippen MR) is 84.5 cm³/mol. The van der Waals surface area contributed by atoms with Crippen molar-refractivity contribution in [3.63, 3.8) is 0 Å². The van der Waals surface area contributed by atoms with Crippen LogP contribution in [0.3, 0.4) is 0 Å². The Bertz CT molecular complexity index is 487. The quantitative estimate of drug-likeness (QED) is 0.661. The molecule has 1 aromatic rings. The van der Waals surface area contributed by atoms with Gasteiger partial charge in [0.25, 0.3) is 0 Å². The molecule has 4 nitrogen and oxygen atoms in total. The highest BCUT2D eigenvalue weighted by atomic mass is 35.5. The van der Waals surface area contributed by atoms with Gasteiger partial charge in [0.15, 0.2) is 0 Å². The van der Waals surface area contributed by atoms with Crippen molar-refractivity contribution in [3.05, 3.63) is 34.3 Å². The Morgan fingerprint density at radius 1 is 1.50 bits per heavy atom. The van der Waals surface area contributed by atoms with Gasteiger partial charge < -0.3 is 10.6 Å². The third-order valence-corrected chi connectivity index (χ3v) is 4.32. The molecule has 20 heavy (non-hydrogen) atoms. The van der Waals surface area contributed by atoms with Crippen LogP contribution in [-0.2, 0) is 6.54 Å². The number of benzene rings is 1. The Morgan fingerprint density at radius 2 is 2.25 bits per heavy atom. The minimum absolute atomic E-state index is 0.0593. The average Bonchev–Trinajstić information content (AvgIpc) is 2.41. The summed E-state index contributed by atoms with van der Waals surface area (Å²) in [5.41, 5.74) is 7.27. The monoisotopic (exact) mass is 294 g/mol. The number of likely N-dealkylation sites (tertiary alicyclic amines) is 1. The van der Waals surface area contributed by atoms with Gasteiger partial charge in [-0.3, -0.25) is 10.3 Å². The van der Waals surface area contributed by atoms with E-state index in [1.54, 1.807) is 6.07 Å². The van der Waals surface area contributed by atoms with Gasteiger partial charge in [0, 0.05) is 29.7 Å². The lowest BCUT2D eigenvalue weighted by atomic mass is 10.0. The molecule has 0 spiro atoms. The lowest BCUT2D eigenvalue weighted by Crippen LogP contribution is -2.44. The number of nitrogens with one attached hydrogen (secondary N) is 1. The van der Waals surface area contributed by atoms with Crippen LogP contribution in [0.5, 0.6) is 0 Å². The summed E-state index contributed by atoms with van der Waals surface area (Å²) in [6, 6.07) is 6.26. The first-order valence-corrected chi connectivity index (χ1v) is 7.37. The SMILES string of the molecule is CN(C)C1CCCN(Cc2ccc(C(=N)N)cc2Cl)C1. The number of hydrogen-bond acceptors (Lipinski definition) is 3. The number of rotatable bonds is 4. The number of hydrogen-bond donors (Lipinski definition) is 2. The lowest BCUT2D eigenvalue weighted by Gasteiger charge is -2.36. The summed E-state index contributed by atoms with van der Waals surface area (Å²) in [5.74, 6) is 0.0593. The van der Waals surface area contributed by atoms with Crippen molar-refractivity contribution in [2.75, 3.05) is 27.2 Å². The molecule has 110 valence electrons. The first-order chi connectivity index (χ1) is 9.47. The van der Waals surface area contributed by atoms with Gasteiger partial charge in [0.2, 0.25) is 0 Å². The fourth-order valence-corrected chi connectivity index (χ4v) is 2.92. The average molecular weight is 295 g/mol. The van der Waals surface area contributed by atoms with Crippen LogP contribution < -0.4 is 5.73 Å². The molecule has 3 N–H and O–H groups in total. The molecule has 1 saturated heterocycles. The van der Waals surface area contributed by atoms with Gasteiger partial charge in [-0.2, -0.15) is 0 Å². The maximum absolute atomic E-state index is 7.43. The van der Waals surface area contributed by atoms with Gasteiger partial charge in [0.1, 0.15) is 5.84 Å². The largest absolute Gasteiger partial charge is 0.384 e. The van der Waals surface area contributed by atoms with E-state index < -0.39 is 0 Å². The first-order valence-electron chi connectivity index (χ1n) is 6.99. The second-order valence-electron chi connectivity index (χ2n) is 5.71. The zero-order chi connectivity index (χ0) is 14.7. The summed E-state index contributed by atoms with van der Waals surface area (Å²) >= 11 is 6.30. The Labute approximate surface area is 126 Å². The van der Waals surface area contributed by atoms with E-state index in [1.165, 1.54) is 12.8 Å². The summed E-state index contributed by atoms with van der Waals surface area (Å²) in [5, 5.41) is 8.13. The molecule has 0 amide bonds. The van der Waals surface area contributed by atoms with Crippen molar-refractivity contribution in [1.29, 1.82) is 5.41 Å². The predicted octanol–water partition coefficient (Wildman–Crippen LogP) is 2.15. The molecule has 0 radical (unpaired) electrons. The molecule has 5 heteroatoms. The van der Waals surface area contributed by atoms with Gasteiger partial charge in [0.05, 0.1) is 0 Å². The molecule has 1 aliphatic rings. The van der Waals surface area contributed by atoms with E-state index in [4.69, 9.17) is 22.7 Å². The molecule has 1 aromatic carbocycles. The Kier molecular flexibility index (Phi) is 5.02. The first kappa shape index (κ1) is 15.3. The summed E-state index contributed by atoms with van der Waals surface area (Å²) in [6.07, 6.45) is 2.49. The fraction of sp³-hybridized carbons (Fsp3) is 0.533. The summed E-state index contributed by atoms with van der Waals surface area (Å²) in [6.45, 7) is 3.06. The summed E-state index contributed by atoms with van der Waals surface area (Å²) < 4.78 is 0. The van der Waals surface area contributed by atoms with Crippen molar-refractivity contribution in [2.45, 2.75) is 25.4 Å². The van der Waals surface area contributed by atoms with E-state index in [9.17, 15) is 0 Å². The van der Waals surface area contributed by atoms with Crippen LogP contribution >= 0.6 is 11.6 Å². The standard InChI is InChI=1S/C15H23ClN4/c1-19(2)13-4-3-7-20(10-13)9-12-6-5-11(15(17)18)8-14(12)16/h5-6,8,13H,3-4,7,9-10H2,1-2H3,(H3,17,18). The molecule has 0 aliphatic carbocycles. The zero-order valence-corrected chi connectivity index (χ0v) is 13.0. The van der Waals surface area contributed by atoms with Gasteiger partial charge in [-0.05, 0) is 45.1 Å². The number of amidine groups is 1. The van der Waals surface area contributed by atoms with Gasteiger partial charge in [-0.1, -0.05) is 23.7 Å². The van der Waals surface area contributed by atoms with Crippen LogP contribution in [0.2, 0.25) is 5.02 Å². The van der Waals surface area contributed by atoms with Crippen molar-refractivity contribution in [3.8, 4) is 0 Å². The van der Waals surface area contributed by atoms with Crippen LogP contribution in [0.15, 0.2) is 18.2 Å². The summed E-state index contributed by atoms with van der Waals surface area (Å²) in [7, 11) is 4.28. The maximum Gasteiger partial charge on any atom is 0.122 e. The van der Waals surface area contributed by atoms with Gasteiger partial charge >= 0.3 is 0 Å². The molecule has 0 aromatic heterocycles. The van der Waals surface area contributed by atoms with Crippen molar-refractivity contribution < 1.29 is 0 Å². The molecule has 1 unspecified atom stereocenters. The van der Waals surface area contributed by atoms with E-state index in [-0.39, 0.29) is 5.84 Å². The van der Waals surface area contributed by atoms with E-state index in [2.05, 4.69) is 23.9 Å². The number of likely N-dealkylation sites (N-methyl/N-ethyl adjacent to an activating group) is 1. The molecule has 1 atom stereocenters. The number of nitrogens with zero attached hydrogens (tertiary/aromatic N) is 2. The highest BCUT2D eigenvalue weighted by molar-refractivity contribution is 6.31. The second kappa shape index (κ2) is 6.57. The molecule has 2 rings (SSSR count). The van der Waals surface area contributed by atoms with E-state index in [0.29, 0.717) is 16.6 Å². The maximum atomic E-state index is 7.43. The topological polar surface area (TPSA) is 56.4 Å². The molecule has 0 saturated carbocycles. The second-order valence-corrected chi connectivity index (χ2v) is 6.12. The van der Waals surface area contributed by atoms with E-state index >= 15 is 0 Å². The van der Waals surface area contributed by atoms with Gasteiger partial charge in [-0.25, -0.2) is 0 Å². The van der Waals surface area contributed by atoms with Gasteiger partial charge in [-0.15, -0.1) is 0 Å². The highest BCUT2D eigenvalue weighted by Gasteiger charge is 2.21. The number of nitrogens with two attached hydrogens (primary N) is 1. The number of nitrogen functional groups attached to an aromatic ring is 1. The third kappa shape index (κ3) is 3.72. The molecular weight excluding hydrogens is 272 g/mol. The normalized spacial score (nSPS) is 20.3. The smallest absolute Gasteiger partial charge is 0.122 e. The van der Waals surface area contributed by atoms with Crippen LogP contribution in [0, 0.1) is 5.41 Å². The van der Waals surface area contributed by atoms with Crippen LogP contribution in [0.25, 0.3) is 0 Å². The summed E-state index contributed by atoms with van der Waals surface area (Å²) in [4.78, 5) is 4.75. The Hall–Kier alpha value is -1.10. The van der Waals surface area contributed by atoms with Crippen molar-refractivity contribution in [2.24, 2.45) is 5.73 Å². The molecule has 1 heterocycles. The number of piperidine rings is 1.